The van der Waals surface area contributed by atoms with Crippen molar-refractivity contribution in [3.63, 3.8) is 0 Å². The first-order chi connectivity index (χ1) is 8.66. The van der Waals surface area contributed by atoms with Crippen LogP contribution in [-0.2, 0) is 4.79 Å². The summed E-state index contributed by atoms with van der Waals surface area (Å²) in [6.07, 6.45) is 14.2. The molecule has 0 saturated carbocycles. The Morgan fingerprint density at radius 1 is 1.06 bits per heavy atom. The van der Waals surface area contributed by atoms with E-state index in [1.165, 1.54) is 44.9 Å². The molecule has 0 unspecified atom stereocenters. The van der Waals surface area contributed by atoms with Gasteiger partial charge in [0.25, 0.3) is 0 Å². The van der Waals surface area contributed by atoms with E-state index in [2.05, 4.69) is 18.3 Å². The van der Waals surface area contributed by atoms with E-state index in [1.54, 1.807) is 6.20 Å². The van der Waals surface area contributed by atoms with Gasteiger partial charge in [-0.1, -0.05) is 51.5 Å². The van der Waals surface area contributed by atoms with Crippen LogP contribution in [0.15, 0.2) is 12.3 Å². The fourth-order valence-electron chi connectivity index (χ4n) is 1.79. The Morgan fingerprint density at radius 3 is 2.28 bits per heavy atom. The third kappa shape index (κ3) is 13.2. The van der Waals surface area contributed by atoms with E-state index in [4.69, 9.17) is 0 Å². The van der Waals surface area contributed by atoms with Crippen LogP contribution in [0.3, 0.4) is 0 Å². The summed E-state index contributed by atoms with van der Waals surface area (Å²) in [6, 6.07) is 0. The van der Waals surface area contributed by atoms with Crippen LogP contribution in [0.2, 0.25) is 0 Å². The van der Waals surface area contributed by atoms with Gasteiger partial charge in [0.15, 0.2) is 0 Å². The molecule has 0 aliphatic rings. The first-order valence-corrected chi connectivity index (χ1v) is 7.26. The lowest BCUT2D eigenvalue weighted by Crippen LogP contribution is -2.29. The molecule has 1 amide bonds. The molecule has 0 bridgehead atoms. The molecule has 0 spiro atoms. The molecule has 0 heterocycles. The van der Waals surface area contributed by atoms with Gasteiger partial charge in [0.05, 0.1) is 6.54 Å². The first kappa shape index (κ1) is 17.2. The predicted octanol–water partition coefficient (Wildman–Crippen LogP) is 3.32. The number of carbonyl (C=O) groups excluding carboxylic acids is 1. The minimum Gasteiger partial charge on any atom is -0.332 e. The maximum absolute atomic E-state index is 11.3. The molecular weight excluding hydrogens is 224 g/mol. The zero-order valence-corrected chi connectivity index (χ0v) is 12.4. The van der Waals surface area contributed by atoms with Gasteiger partial charge in [0.2, 0.25) is 5.91 Å². The Morgan fingerprint density at radius 2 is 1.67 bits per heavy atom. The van der Waals surface area contributed by atoms with Gasteiger partial charge in [-0.15, -0.1) is 0 Å². The van der Waals surface area contributed by atoms with Crippen molar-refractivity contribution < 1.29 is 4.79 Å². The molecule has 3 nitrogen and oxygen atoms in total. The molecule has 0 aliphatic heterocycles. The monoisotopic (exact) mass is 254 g/mol. The standard InChI is InChI=1S/C15H30N2O/c1-4-5-6-7-8-9-10-11-12-13-16-15(18)14-17(2)3/h12-13H,4-11,14H2,1-3H3,(H,16,18). The summed E-state index contributed by atoms with van der Waals surface area (Å²) in [5.74, 6) is 0.0517. The van der Waals surface area contributed by atoms with Gasteiger partial charge in [0, 0.05) is 0 Å². The van der Waals surface area contributed by atoms with Crippen molar-refractivity contribution >= 4 is 5.91 Å². The minimum absolute atomic E-state index is 0.0517. The van der Waals surface area contributed by atoms with E-state index in [0.29, 0.717) is 6.54 Å². The second-order valence-electron chi connectivity index (χ2n) is 5.12. The summed E-state index contributed by atoms with van der Waals surface area (Å²) in [6.45, 7) is 2.69. The van der Waals surface area contributed by atoms with Crippen molar-refractivity contribution in [2.45, 2.75) is 58.3 Å². The number of unbranched alkanes of at least 4 members (excludes halogenated alkanes) is 7. The number of nitrogens with one attached hydrogen (secondary N) is 1. The molecule has 0 rings (SSSR count). The zero-order chi connectivity index (χ0) is 13.6. The molecule has 1 N–H and O–H groups in total. The maximum Gasteiger partial charge on any atom is 0.238 e. The van der Waals surface area contributed by atoms with Crippen LogP contribution in [0.5, 0.6) is 0 Å². The van der Waals surface area contributed by atoms with Gasteiger partial charge in [0.1, 0.15) is 0 Å². The summed E-state index contributed by atoms with van der Waals surface area (Å²) >= 11 is 0. The largest absolute Gasteiger partial charge is 0.332 e. The van der Waals surface area contributed by atoms with E-state index in [1.807, 2.05) is 19.0 Å². The summed E-state index contributed by atoms with van der Waals surface area (Å²) in [7, 11) is 3.78. The summed E-state index contributed by atoms with van der Waals surface area (Å²) in [4.78, 5) is 13.1. The molecule has 0 radical (unpaired) electrons. The van der Waals surface area contributed by atoms with Crippen molar-refractivity contribution in [1.82, 2.24) is 10.2 Å². The SMILES string of the molecule is CCCCCCCCCC=CNC(=O)CN(C)C. The normalized spacial score (nSPS) is 11.3. The second-order valence-corrected chi connectivity index (χ2v) is 5.12. The molecule has 3 heteroatoms. The number of carbonyl (C=O) groups is 1. The number of allylic oxidation sites excluding steroid dienone is 1. The fourth-order valence-corrected chi connectivity index (χ4v) is 1.79. The highest BCUT2D eigenvalue weighted by molar-refractivity contribution is 5.78. The lowest BCUT2D eigenvalue weighted by Gasteiger charge is -2.07. The van der Waals surface area contributed by atoms with Crippen molar-refractivity contribution in [1.29, 1.82) is 0 Å². The zero-order valence-electron chi connectivity index (χ0n) is 12.4. The lowest BCUT2D eigenvalue weighted by atomic mass is 10.1. The average Bonchev–Trinajstić information content (AvgIpc) is 2.30. The van der Waals surface area contributed by atoms with Crippen LogP contribution < -0.4 is 5.32 Å². The highest BCUT2D eigenvalue weighted by atomic mass is 16.1. The molecular formula is C15H30N2O. The van der Waals surface area contributed by atoms with Gasteiger partial charge in [-0.2, -0.15) is 0 Å². The topological polar surface area (TPSA) is 32.3 Å². The smallest absolute Gasteiger partial charge is 0.238 e. The molecule has 0 aromatic heterocycles. The molecule has 0 atom stereocenters. The van der Waals surface area contributed by atoms with Crippen molar-refractivity contribution in [2.24, 2.45) is 0 Å². The third-order valence-corrected chi connectivity index (χ3v) is 2.80. The predicted molar refractivity (Wildman–Crippen MR) is 78.4 cm³/mol. The van der Waals surface area contributed by atoms with Gasteiger partial charge in [-0.05, 0) is 33.1 Å². The highest BCUT2D eigenvalue weighted by Crippen LogP contribution is 2.08. The molecule has 0 aliphatic carbocycles. The average molecular weight is 254 g/mol. The first-order valence-electron chi connectivity index (χ1n) is 7.26. The van der Waals surface area contributed by atoms with Crippen LogP contribution in [0.1, 0.15) is 58.3 Å². The Balaban J connectivity index is 3.25. The Labute approximate surface area is 113 Å². The molecule has 0 fully saturated rings. The highest BCUT2D eigenvalue weighted by Gasteiger charge is 1.98. The van der Waals surface area contributed by atoms with Crippen molar-refractivity contribution in [3.8, 4) is 0 Å². The third-order valence-electron chi connectivity index (χ3n) is 2.80. The summed E-state index contributed by atoms with van der Waals surface area (Å²) in [5, 5.41) is 2.77. The number of hydrogen-bond acceptors (Lipinski definition) is 2. The van der Waals surface area contributed by atoms with Crippen LogP contribution in [0.25, 0.3) is 0 Å². The Bertz CT molecular complexity index is 225. The van der Waals surface area contributed by atoms with Crippen molar-refractivity contribution in [2.75, 3.05) is 20.6 Å². The second kappa shape index (κ2) is 12.6. The van der Waals surface area contributed by atoms with Gasteiger partial charge >= 0.3 is 0 Å². The summed E-state index contributed by atoms with van der Waals surface area (Å²) in [5.41, 5.74) is 0. The number of rotatable bonds is 11. The number of likely N-dealkylation sites (N-methyl/N-ethyl adjacent to an activating group) is 1. The van der Waals surface area contributed by atoms with Crippen LogP contribution >= 0.6 is 0 Å². The Hall–Kier alpha value is -0.830. The van der Waals surface area contributed by atoms with Crippen LogP contribution in [0, 0.1) is 0 Å². The number of amides is 1. The van der Waals surface area contributed by atoms with E-state index in [9.17, 15) is 4.79 Å². The maximum atomic E-state index is 11.3. The minimum atomic E-state index is 0.0517. The quantitative estimate of drug-likeness (QED) is 0.574. The molecule has 0 aromatic carbocycles. The molecule has 18 heavy (non-hydrogen) atoms. The van der Waals surface area contributed by atoms with Gasteiger partial charge in [-0.25, -0.2) is 0 Å². The van der Waals surface area contributed by atoms with Gasteiger partial charge in [-0.3, -0.25) is 4.79 Å². The molecule has 0 aromatic rings. The van der Waals surface area contributed by atoms with E-state index < -0.39 is 0 Å². The van der Waals surface area contributed by atoms with Crippen LogP contribution in [0.4, 0.5) is 0 Å². The molecule has 106 valence electrons. The number of nitrogens with zero attached hydrogens (tertiary/aromatic N) is 1. The van der Waals surface area contributed by atoms with E-state index in [-0.39, 0.29) is 5.91 Å². The Kier molecular flexibility index (Phi) is 12.0. The van der Waals surface area contributed by atoms with Crippen molar-refractivity contribution in [3.05, 3.63) is 12.3 Å². The molecule has 0 saturated heterocycles. The van der Waals surface area contributed by atoms with E-state index in [0.717, 1.165) is 6.42 Å². The summed E-state index contributed by atoms with van der Waals surface area (Å²) < 4.78 is 0. The van der Waals surface area contributed by atoms with E-state index >= 15 is 0 Å². The lowest BCUT2D eigenvalue weighted by molar-refractivity contribution is -0.120. The van der Waals surface area contributed by atoms with Crippen LogP contribution in [-0.4, -0.2) is 31.4 Å². The number of hydrogen-bond donors (Lipinski definition) is 1. The van der Waals surface area contributed by atoms with Gasteiger partial charge < -0.3 is 10.2 Å². The fraction of sp³-hybridized carbons (Fsp3) is 0.800.